The highest BCUT2D eigenvalue weighted by molar-refractivity contribution is 6.32. The van der Waals surface area contributed by atoms with Crippen LogP contribution in [0.25, 0.3) is 0 Å². The van der Waals surface area contributed by atoms with Crippen molar-refractivity contribution in [2.75, 3.05) is 45.0 Å². The number of primary amides is 1. The second-order valence-electron chi connectivity index (χ2n) is 12.7. The first-order valence-corrected chi connectivity index (χ1v) is 15.1. The van der Waals surface area contributed by atoms with E-state index in [0.717, 1.165) is 5.56 Å². The van der Waals surface area contributed by atoms with Gasteiger partial charge in [-0.2, -0.15) is 0 Å². The molecule has 6 atom stereocenters. The number of guanidine groups is 1. The molecule has 4 unspecified atom stereocenters. The number of likely N-dealkylation sites (N-methyl/N-ethyl adjacent to an activating group) is 1. The molecule has 3 aliphatic rings. The smallest absolute Gasteiger partial charge is 0.243 e. The van der Waals surface area contributed by atoms with Gasteiger partial charge in [0.05, 0.1) is 25.0 Å². The molecule has 0 aliphatic heterocycles. The first kappa shape index (κ1) is 33.3. The zero-order chi connectivity index (χ0) is 34.4. The maximum atomic E-state index is 14.1. The van der Waals surface area contributed by atoms with Gasteiger partial charge in [0.25, 0.3) is 0 Å². The second-order valence-corrected chi connectivity index (χ2v) is 12.7. The van der Waals surface area contributed by atoms with Crippen molar-refractivity contribution in [2.24, 2.45) is 40.1 Å². The number of aliphatic hydroxyl groups is 1. The van der Waals surface area contributed by atoms with Crippen molar-refractivity contribution < 1.29 is 33.9 Å². The standard InChI is InChI=1S/C32H38N8O7/c1-39(2)21-11-17(38-22(41)14-37-31(34)36-13-15-6-5-7-35-12-15)10-19-18(21)8-16-9-20-25(40(3)4)27(43)24(30(33)46)29(45)32(20,47)28(44)23(16)26(19)42/h5-7,10-12,16,20,23-25,47H,8-9,13-14H2,1-4H3,(H2,33,46)(H,38,41)(H3,34,36,37)/t16?,20?,23?,24?,25-,32-/m0/s1. The fourth-order valence-corrected chi connectivity index (χ4v) is 7.16. The van der Waals surface area contributed by atoms with Crippen LogP contribution in [-0.2, 0) is 36.9 Å². The zero-order valence-electron chi connectivity index (χ0n) is 26.5. The van der Waals surface area contributed by atoms with E-state index in [0.29, 0.717) is 11.3 Å². The lowest BCUT2D eigenvalue weighted by atomic mass is 9.52. The maximum absolute atomic E-state index is 14.1. The first-order chi connectivity index (χ1) is 22.2. The SMILES string of the molecule is CN(C)c1cc(NC(=O)CNC(N)=NCc2cccnc2)cc2c1CC1CC3[C@H](N(C)C)C(=O)C(C(N)=O)C(=O)[C@@]3(O)C(=O)C1C2=O. The lowest BCUT2D eigenvalue weighted by molar-refractivity contribution is -0.181. The summed E-state index contributed by atoms with van der Waals surface area (Å²) in [7, 11) is 6.64. The van der Waals surface area contributed by atoms with Crippen LogP contribution in [0.4, 0.5) is 11.4 Å². The molecule has 47 heavy (non-hydrogen) atoms. The molecule has 1 aromatic carbocycles. The minimum absolute atomic E-state index is 0.00464. The van der Waals surface area contributed by atoms with E-state index in [9.17, 15) is 33.9 Å². The summed E-state index contributed by atoms with van der Waals surface area (Å²) in [6.07, 6.45) is 3.53. The summed E-state index contributed by atoms with van der Waals surface area (Å²) in [5.41, 5.74) is 11.1. The molecule has 15 heteroatoms. The number of hydrogen-bond acceptors (Lipinski definition) is 11. The molecule has 5 rings (SSSR count). The topological polar surface area (TPSA) is 230 Å². The van der Waals surface area contributed by atoms with Crippen molar-refractivity contribution in [3.8, 4) is 0 Å². The molecule has 2 saturated carbocycles. The number of nitrogens with two attached hydrogens (primary N) is 2. The minimum atomic E-state index is -2.75. The summed E-state index contributed by atoms with van der Waals surface area (Å²) < 4.78 is 0. The number of pyridine rings is 1. The number of aromatic nitrogens is 1. The van der Waals surface area contributed by atoms with Crippen molar-refractivity contribution in [3.05, 3.63) is 53.3 Å². The summed E-state index contributed by atoms with van der Waals surface area (Å²) in [4.78, 5) is 91.4. The van der Waals surface area contributed by atoms with Gasteiger partial charge < -0.3 is 32.1 Å². The van der Waals surface area contributed by atoms with E-state index in [1.54, 1.807) is 57.6 Å². The Bertz CT molecular complexity index is 1690. The second kappa shape index (κ2) is 12.6. The fourth-order valence-electron chi connectivity index (χ4n) is 7.16. The molecule has 0 spiro atoms. The molecule has 0 radical (unpaired) electrons. The summed E-state index contributed by atoms with van der Waals surface area (Å²) in [5.74, 6) is -10.7. The normalized spacial score (nSPS) is 27.1. The highest BCUT2D eigenvalue weighted by Crippen LogP contribution is 2.51. The number of carbonyl (C=O) groups is 6. The van der Waals surface area contributed by atoms with Gasteiger partial charge in [-0.05, 0) is 62.2 Å². The third-order valence-corrected chi connectivity index (χ3v) is 9.25. The number of anilines is 2. The molecular formula is C32H38N8O7. The van der Waals surface area contributed by atoms with Gasteiger partial charge in [0.1, 0.15) is 0 Å². The van der Waals surface area contributed by atoms with E-state index in [4.69, 9.17) is 11.5 Å². The summed E-state index contributed by atoms with van der Waals surface area (Å²) in [6.45, 7) is 0.0439. The van der Waals surface area contributed by atoms with Crippen molar-refractivity contribution in [1.29, 1.82) is 0 Å². The molecule has 1 aromatic heterocycles. The molecule has 0 saturated heterocycles. The number of carbonyl (C=O) groups excluding carboxylic acids is 6. The van der Waals surface area contributed by atoms with Crippen LogP contribution in [0, 0.1) is 23.7 Å². The summed E-state index contributed by atoms with van der Waals surface area (Å²) >= 11 is 0. The molecule has 2 fully saturated rings. The van der Waals surface area contributed by atoms with Gasteiger partial charge in [-0.1, -0.05) is 6.07 Å². The number of nitrogens with one attached hydrogen (secondary N) is 2. The van der Waals surface area contributed by atoms with Crippen molar-refractivity contribution in [3.63, 3.8) is 0 Å². The van der Waals surface area contributed by atoms with Crippen LogP contribution >= 0.6 is 0 Å². The highest BCUT2D eigenvalue weighted by atomic mass is 16.3. The van der Waals surface area contributed by atoms with E-state index in [1.165, 1.54) is 11.0 Å². The number of aliphatic imine (C=N–C) groups is 1. The Morgan fingerprint density at radius 1 is 1.11 bits per heavy atom. The number of rotatable bonds is 8. The monoisotopic (exact) mass is 646 g/mol. The first-order valence-electron chi connectivity index (χ1n) is 15.1. The molecule has 0 bridgehead atoms. The van der Waals surface area contributed by atoms with E-state index in [2.05, 4.69) is 20.6 Å². The average molecular weight is 647 g/mol. The van der Waals surface area contributed by atoms with Crippen molar-refractivity contribution in [2.45, 2.75) is 31.0 Å². The van der Waals surface area contributed by atoms with Crippen LogP contribution in [0.1, 0.15) is 27.9 Å². The Balaban J connectivity index is 1.41. The molecular weight excluding hydrogens is 608 g/mol. The number of hydrogen-bond donors (Lipinski definition) is 5. The largest absolute Gasteiger partial charge is 0.377 e. The Morgan fingerprint density at radius 2 is 1.83 bits per heavy atom. The summed E-state index contributed by atoms with van der Waals surface area (Å²) in [5, 5.41) is 17.3. The van der Waals surface area contributed by atoms with Gasteiger partial charge in [0, 0.05) is 49.3 Å². The molecule has 7 N–H and O–H groups in total. The van der Waals surface area contributed by atoms with Gasteiger partial charge in [0.15, 0.2) is 40.6 Å². The maximum Gasteiger partial charge on any atom is 0.243 e. The third kappa shape index (κ3) is 5.87. The van der Waals surface area contributed by atoms with E-state index >= 15 is 0 Å². The van der Waals surface area contributed by atoms with Gasteiger partial charge >= 0.3 is 0 Å². The van der Waals surface area contributed by atoms with Gasteiger partial charge in [-0.15, -0.1) is 0 Å². The molecule has 248 valence electrons. The molecule has 2 amide bonds. The van der Waals surface area contributed by atoms with Crippen LogP contribution in [0.15, 0.2) is 41.7 Å². The van der Waals surface area contributed by atoms with Crippen LogP contribution in [0.2, 0.25) is 0 Å². The van der Waals surface area contributed by atoms with Gasteiger partial charge in [-0.3, -0.25) is 38.7 Å². The fraction of sp³-hybridized carbons (Fsp3) is 0.438. The molecule has 2 aromatic rings. The average Bonchev–Trinajstić information content (AvgIpc) is 3.01. The predicted molar refractivity (Wildman–Crippen MR) is 170 cm³/mol. The van der Waals surface area contributed by atoms with Crippen LogP contribution < -0.4 is 27.0 Å². The lowest BCUT2D eigenvalue weighted by Crippen LogP contribution is -2.74. The Morgan fingerprint density at radius 3 is 2.45 bits per heavy atom. The number of fused-ring (bicyclic) bond motifs is 3. The van der Waals surface area contributed by atoms with Crippen LogP contribution in [0.3, 0.4) is 0 Å². The Kier molecular flexibility index (Phi) is 8.97. The highest BCUT2D eigenvalue weighted by Gasteiger charge is 2.69. The molecule has 15 nitrogen and oxygen atoms in total. The lowest BCUT2D eigenvalue weighted by Gasteiger charge is -2.52. The predicted octanol–water partition coefficient (Wildman–Crippen LogP) is -1.33. The van der Waals surface area contributed by atoms with Gasteiger partial charge in [0.2, 0.25) is 11.8 Å². The number of Topliss-reactive ketones (excluding diaryl/α,β-unsaturated/α-hetero) is 4. The van der Waals surface area contributed by atoms with Crippen molar-refractivity contribution in [1.82, 2.24) is 15.2 Å². The van der Waals surface area contributed by atoms with Crippen molar-refractivity contribution >= 4 is 52.3 Å². The summed E-state index contributed by atoms with van der Waals surface area (Å²) in [6, 6.07) is 5.63. The van der Waals surface area contributed by atoms with E-state index in [-0.39, 0.29) is 43.1 Å². The minimum Gasteiger partial charge on any atom is -0.377 e. The number of nitrogens with zero attached hydrogens (tertiary/aromatic N) is 4. The third-order valence-electron chi connectivity index (χ3n) is 9.25. The van der Waals surface area contributed by atoms with E-state index < -0.39 is 70.3 Å². The Labute approximate surface area is 270 Å². The molecule has 1 heterocycles. The van der Waals surface area contributed by atoms with Crippen LogP contribution in [0.5, 0.6) is 0 Å². The van der Waals surface area contributed by atoms with E-state index in [1.807, 2.05) is 6.07 Å². The number of benzene rings is 1. The number of amides is 2. The zero-order valence-corrected chi connectivity index (χ0v) is 26.5. The quantitative estimate of drug-likeness (QED) is 0.128. The van der Waals surface area contributed by atoms with Gasteiger partial charge in [-0.25, -0.2) is 4.99 Å². The van der Waals surface area contributed by atoms with Crippen LogP contribution in [-0.4, -0.2) is 102 Å². The number of ketones is 4. The Hall–Kier alpha value is -5.02. The molecule has 3 aliphatic carbocycles.